The lowest BCUT2D eigenvalue weighted by Gasteiger charge is -2.29. The summed E-state index contributed by atoms with van der Waals surface area (Å²) < 4.78 is 81.7. The second-order valence-electron chi connectivity index (χ2n) is 9.05. The number of nitrogens with zero attached hydrogens (tertiary/aromatic N) is 1. The minimum absolute atomic E-state index is 0.0864. The van der Waals surface area contributed by atoms with Gasteiger partial charge in [-0.3, -0.25) is 9.10 Å². The molecule has 3 aromatic carbocycles. The maximum Gasteiger partial charge on any atom is 0.416 e. The molecule has 0 aromatic heterocycles. The first-order valence-corrected chi connectivity index (χ1v) is 13.1. The Morgan fingerprint density at radius 3 is 2.32 bits per heavy atom. The van der Waals surface area contributed by atoms with Gasteiger partial charge in [-0.05, 0) is 66.6 Å². The first-order chi connectivity index (χ1) is 17.8. The van der Waals surface area contributed by atoms with E-state index in [2.05, 4.69) is 10.6 Å². The van der Waals surface area contributed by atoms with Gasteiger partial charge >= 0.3 is 12.1 Å². The van der Waals surface area contributed by atoms with Gasteiger partial charge in [0.1, 0.15) is 11.5 Å². The van der Waals surface area contributed by atoms with E-state index >= 15 is 0 Å². The highest BCUT2D eigenvalue weighted by Gasteiger charge is 2.38. The summed E-state index contributed by atoms with van der Waals surface area (Å²) in [6, 6.07) is 13.0. The highest BCUT2D eigenvalue weighted by Crippen LogP contribution is 2.41. The molecule has 0 amide bonds. The summed E-state index contributed by atoms with van der Waals surface area (Å²) in [6.45, 7) is 1.46. The van der Waals surface area contributed by atoms with Crippen LogP contribution in [0.5, 0.6) is 0 Å². The number of carboxylic acids is 1. The Kier molecular flexibility index (Phi) is 7.29. The lowest BCUT2D eigenvalue weighted by Crippen LogP contribution is -2.43. The standard InChI is InChI=1S/C26H25F4N3O4S/c1-2-12-25(15-24(34)35)31-22-11-8-20(14-23(22)32-25)33(38(36,37)21-9-6-19(27)7-10-21)16-17-4-3-5-18(13-17)26(28,29)30/h3-11,13-14,31-32H,2,12,15-16H2,1H3,(H,34,35). The predicted molar refractivity (Wildman–Crippen MR) is 135 cm³/mol. The van der Waals surface area contributed by atoms with Crippen LogP contribution < -0.4 is 14.9 Å². The number of hydrogen-bond acceptors (Lipinski definition) is 5. The molecule has 0 spiro atoms. The van der Waals surface area contributed by atoms with E-state index in [0.717, 1.165) is 40.7 Å². The first kappa shape index (κ1) is 27.2. The van der Waals surface area contributed by atoms with Crippen molar-refractivity contribution in [3.8, 4) is 0 Å². The van der Waals surface area contributed by atoms with E-state index in [-0.39, 0.29) is 22.6 Å². The average Bonchev–Trinajstić information content (AvgIpc) is 3.18. The van der Waals surface area contributed by atoms with E-state index in [1.54, 1.807) is 6.07 Å². The van der Waals surface area contributed by atoms with Crippen molar-refractivity contribution in [2.75, 3.05) is 14.9 Å². The number of nitrogens with one attached hydrogen (secondary N) is 2. The maximum absolute atomic E-state index is 13.7. The van der Waals surface area contributed by atoms with Crippen LogP contribution in [0.15, 0.2) is 71.6 Å². The minimum atomic E-state index is -4.62. The van der Waals surface area contributed by atoms with Crippen LogP contribution in [-0.4, -0.2) is 25.2 Å². The molecule has 1 heterocycles. The SMILES string of the molecule is CCCC1(CC(=O)O)Nc2ccc(N(Cc3cccc(C(F)(F)F)c3)S(=O)(=O)c3ccc(F)cc3)cc2N1. The highest BCUT2D eigenvalue weighted by molar-refractivity contribution is 7.92. The fourth-order valence-corrected chi connectivity index (χ4v) is 5.94. The zero-order chi connectivity index (χ0) is 27.7. The van der Waals surface area contributed by atoms with E-state index in [1.165, 1.54) is 24.3 Å². The molecule has 0 fully saturated rings. The number of sulfonamides is 1. The molecule has 1 aliphatic rings. The number of hydrogen-bond donors (Lipinski definition) is 3. The third-order valence-corrected chi connectivity index (χ3v) is 7.94. The lowest BCUT2D eigenvalue weighted by atomic mass is 10.0. The molecule has 4 rings (SSSR count). The zero-order valence-electron chi connectivity index (χ0n) is 20.2. The van der Waals surface area contributed by atoms with Gasteiger partial charge in [0.15, 0.2) is 0 Å². The van der Waals surface area contributed by atoms with Crippen LogP contribution in [0, 0.1) is 5.82 Å². The Bertz CT molecular complexity index is 1450. The van der Waals surface area contributed by atoms with Gasteiger partial charge < -0.3 is 15.7 Å². The Labute approximate surface area is 217 Å². The largest absolute Gasteiger partial charge is 0.481 e. The van der Waals surface area contributed by atoms with Gasteiger partial charge in [-0.25, -0.2) is 12.8 Å². The van der Waals surface area contributed by atoms with Crippen molar-refractivity contribution in [3.05, 3.63) is 83.7 Å². The minimum Gasteiger partial charge on any atom is -0.481 e. The van der Waals surface area contributed by atoms with Crippen molar-refractivity contribution in [2.45, 2.75) is 49.5 Å². The molecule has 0 bridgehead atoms. The summed E-state index contributed by atoms with van der Waals surface area (Å²) >= 11 is 0. The average molecular weight is 552 g/mol. The van der Waals surface area contributed by atoms with Crippen molar-refractivity contribution in [2.24, 2.45) is 0 Å². The summed E-state index contributed by atoms with van der Waals surface area (Å²) in [5.41, 5.74) is -0.691. The Morgan fingerprint density at radius 1 is 1.00 bits per heavy atom. The molecular formula is C26H25F4N3O4S. The van der Waals surface area contributed by atoms with Gasteiger partial charge in [-0.2, -0.15) is 13.2 Å². The number of rotatable bonds is 9. The number of carbonyl (C=O) groups is 1. The second kappa shape index (κ2) is 10.2. The molecule has 202 valence electrons. The van der Waals surface area contributed by atoms with Crippen LogP contribution >= 0.6 is 0 Å². The number of anilines is 3. The van der Waals surface area contributed by atoms with Crippen LogP contribution in [0.1, 0.15) is 37.3 Å². The molecule has 7 nitrogen and oxygen atoms in total. The summed E-state index contributed by atoms with van der Waals surface area (Å²) in [7, 11) is -4.35. The van der Waals surface area contributed by atoms with Crippen molar-refractivity contribution < 1.29 is 35.9 Å². The van der Waals surface area contributed by atoms with Crippen LogP contribution in [0.4, 0.5) is 34.6 Å². The number of alkyl halides is 3. The van der Waals surface area contributed by atoms with Crippen LogP contribution in [0.2, 0.25) is 0 Å². The summed E-state index contributed by atoms with van der Waals surface area (Å²) in [6.07, 6.45) is -3.74. The molecular weight excluding hydrogens is 526 g/mol. The number of aliphatic carboxylic acids is 1. The van der Waals surface area contributed by atoms with Gasteiger partial charge in [0.25, 0.3) is 10.0 Å². The molecule has 0 radical (unpaired) electrons. The number of fused-ring (bicyclic) bond motifs is 1. The van der Waals surface area contributed by atoms with E-state index < -0.39 is 45.8 Å². The molecule has 1 aliphatic heterocycles. The normalized spacial score (nSPS) is 16.9. The summed E-state index contributed by atoms with van der Waals surface area (Å²) in [5, 5.41) is 15.7. The van der Waals surface area contributed by atoms with Gasteiger partial charge in [-0.1, -0.05) is 25.5 Å². The number of carboxylic acid groups (broad SMARTS) is 1. The topological polar surface area (TPSA) is 98.7 Å². The van der Waals surface area contributed by atoms with Crippen LogP contribution in [-0.2, 0) is 27.5 Å². The molecule has 1 atom stereocenters. The van der Waals surface area contributed by atoms with Crippen LogP contribution in [0.25, 0.3) is 0 Å². The highest BCUT2D eigenvalue weighted by atomic mass is 32.2. The Morgan fingerprint density at radius 2 is 1.68 bits per heavy atom. The Balaban J connectivity index is 1.77. The van der Waals surface area contributed by atoms with Crippen LogP contribution in [0.3, 0.4) is 0 Å². The summed E-state index contributed by atoms with van der Waals surface area (Å²) in [4.78, 5) is 11.3. The first-order valence-electron chi connectivity index (χ1n) is 11.7. The molecule has 0 saturated heterocycles. The van der Waals surface area contributed by atoms with Gasteiger partial charge in [0, 0.05) is 0 Å². The molecule has 3 aromatic rings. The Hall–Kier alpha value is -3.80. The number of halogens is 4. The van der Waals surface area contributed by atoms with Crippen molar-refractivity contribution in [1.29, 1.82) is 0 Å². The van der Waals surface area contributed by atoms with E-state index in [1.807, 2.05) is 6.92 Å². The third-order valence-electron chi connectivity index (χ3n) is 6.15. The fraction of sp³-hybridized carbons (Fsp3) is 0.269. The molecule has 12 heteroatoms. The molecule has 0 saturated carbocycles. The fourth-order valence-electron chi connectivity index (χ4n) is 4.49. The molecule has 1 unspecified atom stereocenters. The summed E-state index contributed by atoms with van der Waals surface area (Å²) in [5.74, 6) is -1.68. The molecule has 38 heavy (non-hydrogen) atoms. The quantitative estimate of drug-likeness (QED) is 0.280. The monoisotopic (exact) mass is 551 g/mol. The van der Waals surface area contributed by atoms with Gasteiger partial charge in [0.2, 0.25) is 0 Å². The smallest absolute Gasteiger partial charge is 0.416 e. The van der Waals surface area contributed by atoms with E-state index in [4.69, 9.17) is 0 Å². The molecule has 3 N–H and O–H groups in total. The predicted octanol–water partition coefficient (Wildman–Crippen LogP) is 6.05. The van der Waals surface area contributed by atoms with E-state index in [0.29, 0.717) is 24.2 Å². The van der Waals surface area contributed by atoms with Crippen molar-refractivity contribution in [1.82, 2.24) is 0 Å². The van der Waals surface area contributed by atoms with Gasteiger partial charge in [-0.15, -0.1) is 0 Å². The second-order valence-corrected chi connectivity index (χ2v) is 10.9. The zero-order valence-corrected chi connectivity index (χ0v) is 21.0. The molecule has 0 aliphatic carbocycles. The van der Waals surface area contributed by atoms with E-state index in [9.17, 15) is 35.9 Å². The maximum atomic E-state index is 13.7. The lowest BCUT2D eigenvalue weighted by molar-refractivity contribution is -0.138. The van der Waals surface area contributed by atoms with Crippen molar-refractivity contribution in [3.63, 3.8) is 0 Å². The third kappa shape index (κ3) is 5.69. The van der Waals surface area contributed by atoms with Gasteiger partial charge in [0.05, 0.1) is 40.5 Å². The number of benzene rings is 3. The van der Waals surface area contributed by atoms with Crippen molar-refractivity contribution >= 4 is 33.1 Å².